The molecule has 0 saturated heterocycles. The summed E-state index contributed by atoms with van der Waals surface area (Å²) in [7, 11) is 1.54. The molecule has 0 atom stereocenters. The van der Waals surface area contributed by atoms with Crippen LogP contribution in [0.25, 0.3) is 0 Å². The fourth-order valence-electron chi connectivity index (χ4n) is 1.88. The molecule has 0 amide bonds. The van der Waals surface area contributed by atoms with E-state index in [-0.39, 0.29) is 6.54 Å². The van der Waals surface area contributed by atoms with Crippen LogP contribution in [0.3, 0.4) is 0 Å². The zero-order chi connectivity index (χ0) is 14.7. The lowest BCUT2D eigenvalue weighted by molar-refractivity contribution is 0.416. The van der Waals surface area contributed by atoms with Gasteiger partial charge in [-0.2, -0.15) is 0 Å². The van der Waals surface area contributed by atoms with Crippen molar-refractivity contribution in [2.24, 2.45) is 0 Å². The van der Waals surface area contributed by atoms with Gasteiger partial charge in [-0.1, -0.05) is 11.6 Å². The Kier molecular flexibility index (Phi) is 4.45. The molecule has 0 aromatic heterocycles. The highest BCUT2D eigenvalue weighted by Crippen LogP contribution is 2.31. The highest BCUT2D eigenvalue weighted by molar-refractivity contribution is 6.31. The van der Waals surface area contributed by atoms with Gasteiger partial charge in [-0.05, 0) is 36.2 Å². The highest BCUT2D eigenvalue weighted by Gasteiger charge is 2.07. The summed E-state index contributed by atoms with van der Waals surface area (Å²) in [4.78, 5) is 0. The number of nitrogens with one attached hydrogen (secondary N) is 1. The Hall–Kier alpha value is -1.81. The van der Waals surface area contributed by atoms with Crippen molar-refractivity contribution in [2.45, 2.75) is 13.5 Å². The largest absolute Gasteiger partial charge is 0.495 e. The number of aryl methyl sites for hydroxylation is 1. The third-order valence-electron chi connectivity index (χ3n) is 2.89. The highest BCUT2D eigenvalue weighted by atomic mass is 35.5. The van der Waals surface area contributed by atoms with Crippen molar-refractivity contribution in [1.29, 1.82) is 0 Å². The average molecular weight is 298 g/mol. The molecule has 0 bridgehead atoms. The molecule has 5 heteroatoms. The van der Waals surface area contributed by atoms with Gasteiger partial charge in [0.1, 0.15) is 17.4 Å². The summed E-state index contributed by atoms with van der Waals surface area (Å²) in [6.45, 7) is 2.15. The number of methoxy groups -OCH3 is 1. The fraction of sp³-hybridized carbons (Fsp3) is 0.200. The van der Waals surface area contributed by atoms with E-state index in [2.05, 4.69) is 5.32 Å². The SMILES string of the molecule is COc1cc(Cl)c(C)cc1NCc1cc(F)cc(F)c1. The molecule has 0 aliphatic heterocycles. The van der Waals surface area contributed by atoms with Crippen molar-refractivity contribution in [3.05, 3.63) is 58.1 Å². The minimum Gasteiger partial charge on any atom is -0.495 e. The van der Waals surface area contributed by atoms with Gasteiger partial charge in [0.25, 0.3) is 0 Å². The van der Waals surface area contributed by atoms with Crippen LogP contribution in [0.4, 0.5) is 14.5 Å². The van der Waals surface area contributed by atoms with Gasteiger partial charge in [-0.25, -0.2) is 8.78 Å². The Balaban J connectivity index is 2.20. The molecule has 0 aliphatic carbocycles. The van der Waals surface area contributed by atoms with Crippen LogP contribution < -0.4 is 10.1 Å². The van der Waals surface area contributed by atoms with E-state index in [1.807, 2.05) is 13.0 Å². The number of rotatable bonds is 4. The van der Waals surface area contributed by atoms with Crippen LogP contribution in [0.5, 0.6) is 5.75 Å². The lowest BCUT2D eigenvalue weighted by atomic mass is 10.1. The minimum absolute atomic E-state index is 0.284. The summed E-state index contributed by atoms with van der Waals surface area (Å²) in [6.07, 6.45) is 0. The van der Waals surface area contributed by atoms with Crippen LogP contribution in [0.1, 0.15) is 11.1 Å². The van der Waals surface area contributed by atoms with Crippen molar-refractivity contribution >= 4 is 17.3 Å². The van der Waals surface area contributed by atoms with Gasteiger partial charge in [0, 0.05) is 23.7 Å². The number of hydrogen-bond acceptors (Lipinski definition) is 2. The van der Waals surface area contributed by atoms with E-state index in [0.717, 1.165) is 17.3 Å². The first-order valence-electron chi connectivity index (χ1n) is 6.02. The first-order valence-corrected chi connectivity index (χ1v) is 6.40. The van der Waals surface area contributed by atoms with Crippen LogP contribution in [-0.4, -0.2) is 7.11 Å². The predicted molar refractivity (Wildman–Crippen MR) is 76.4 cm³/mol. The van der Waals surface area contributed by atoms with Crippen molar-refractivity contribution < 1.29 is 13.5 Å². The van der Waals surface area contributed by atoms with Gasteiger partial charge in [0.2, 0.25) is 0 Å². The van der Waals surface area contributed by atoms with Gasteiger partial charge in [0.15, 0.2) is 0 Å². The average Bonchev–Trinajstić information content (AvgIpc) is 2.38. The molecule has 0 aliphatic rings. The Labute approximate surface area is 121 Å². The standard InChI is InChI=1S/C15H14ClF2NO/c1-9-3-14(15(20-2)7-13(9)16)19-8-10-4-11(17)6-12(18)5-10/h3-7,19H,8H2,1-2H3. The van der Waals surface area contributed by atoms with E-state index in [1.165, 1.54) is 19.2 Å². The van der Waals surface area contributed by atoms with Crippen LogP contribution in [0.15, 0.2) is 30.3 Å². The summed E-state index contributed by atoms with van der Waals surface area (Å²) in [6, 6.07) is 6.94. The molecule has 0 radical (unpaired) electrons. The predicted octanol–water partition coefficient (Wildman–Crippen LogP) is 4.55. The Bertz CT molecular complexity index is 611. The van der Waals surface area contributed by atoms with Crippen LogP contribution in [0, 0.1) is 18.6 Å². The van der Waals surface area contributed by atoms with E-state index in [9.17, 15) is 8.78 Å². The summed E-state index contributed by atoms with van der Waals surface area (Å²) in [5, 5.41) is 3.69. The zero-order valence-corrected chi connectivity index (χ0v) is 11.9. The quantitative estimate of drug-likeness (QED) is 0.894. The molecule has 0 fully saturated rings. The zero-order valence-electron chi connectivity index (χ0n) is 11.1. The molecular weight excluding hydrogens is 284 g/mol. The summed E-state index contributed by atoms with van der Waals surface area (Å²) >= 11 is 6.02. The van der Waals surface area contributed by atoms with Crippen LogP contribution >= 0.6 is 11.6 Å². The Morgan fingerprint density at radius 3 is 2.35 bits per heavy atom. The normalized spacial score (nSPS) is 10.4. The second kappa shape index (κ2) is 6.09. The maximum atomic E-state index is 13.1. The van der Waals surface area contributed by atoms with Gasteiger partial charge >= 0.3 is 0 Å². The van der Waals surface area contributed by atoms with E-state index in [0.29, 0.717) is 16.3 Å². The minimum atomic E-state index is -0.596. The monoisotopic (exact) mass is 297 g/mol. The molecular formula is C15H14ClF2NO. The molecule has 0 saturated carbocycles. The van der Waals surface area contributed by atoms with Crippen molar-refractivity contribution in [1.82, 2.24) is 0 Å². The first kappa shape index (κ1) is 14.6. The topological polar surface area (TPSA) is 21.3 Å². The lowest BCUT2D eigenvalue weighted by Crippen LogP contribution is -2.03. The molecule has 2 nitrogen and oxygen atoms in total. The summed E-state index contributed by atoms with van der Waals surface area (Å²) in [5.74, 6) is -0.612. The molecule has 2 aromatic carbocycles. The number of benzene rings is 2. The molecule has 1 N–H and O–H groups in total. The smallest absolute Gasteiger partial charge is 0.143 e. The maximum absolute atomic E-state index is 13.1. The molecule has 0 spiro atoms. The van der Waals surface area contributed by atoms with Gasteiger partial charge in [-0.15, -0.1) is 0 Å². The third-order valence-corrected chi connectivity index (χ3v) is 3.29. The molecule has 106 valence electrons. The van der Waals surface area contributed by atoms with Crippen molar-refractivity contribution in [2.75, 3.05) is 12.4 Å². The van der Waals surface area contributed by atoms with Crippen LogP contribution in [-0.2, 0) is 6.54 Å². The second-order valence-electron chi connectivity index (χ2n) is 4.43. The van der Waals surface area contributed by atoms with Gasteiger partial charge in [0.05, 0.1) is 12.8 Å². The van der Waals surface area contributed by atoms with E-state index in [1.54, 1.807) is 6.07 Å². The summed E-state index contributed by atoms with van der Waals surface area (Å²) in [5.41, 5.74) is 2.12. The summed E-state index contributed by atoms with van der Waals surface area (Å²) < 4.78 is 31.4. The van der Waals surface area contributed by atoms with Crippen molar-refractivity contribution in [3.63, 3.8) is 0 Å². The number of anilines is 1. The molecule has 0 heterocycles. The lowest BCUT2D eigenvalue weighted by Gasteiger charge is -2.13. The maximum Gasteiger partial charge on any atom is 0.143 e. The van der Waals surface area contributed by atoms with E-state index >= 15 is 0 Å². The third kappa shape index (κ3) is 3.39. The Morgan fingerprint density at radius 1 is 1.10 bits per heavy atom. The second-order valence-corrected chi connectivity index (χ2v) is 4.84. The Morgan fingerprint density at radius 2 is 1.75 bits per heavy atom. The first-order chi connectivity index (χ1) is 9.49. The molecule has 20 heavy (non-hydrogen) atoms. The number of halogens is 3. The molecule has 2 rings (SSSR count). The number of ether oxygens (including phenoxy) is 1. The fourth-order valence-corrected chi connectivity index (χ4v) is 2.03. The van der Waals surface area contributed by atoms with E-state index < -0.39 is 11.6 Å². The molecule has 0 unspecified atom stereocenters. The van der Waals surface area contributed by atoms with Gasteiger partial charge < -0.3 is 10.1 Å². The van der Waals surface area contributed by atoms with Crippen molar-refractivity contribution in [3.8, 4) is 5.75 Å². The number of hydrogen-bond donors (Lipinski definition) is 1. The van der Waals surface area contributed by atoms with Gasteiger partial charge in [-0.3, -0.25) is 0 Å². The van der Waals surface area contributed by atoms with E-state index in [4.69, 9.17) is 16.3 Å². The molecule has 2 aromatic rings. The van der Waals surface area contributed by atoms with Crippen LogP contribution in [0.2, 0.25) is 5.02 Å².